The molecule has 2 atom stereocenters. The summed E-state index contributed by atoms with van der Waals surface area (Å²) in [6.07, 6.45) is 9.42. The molecule has 3 aromatic carbocycles. The van der Waals surface area contributed by atoms with Crippen LogP contribution in [0.1, 0.15) is 153 Å². The van der Waals surface area contributed by atoms with Crippen molar-refractivity contribution < 1.29 is 47.5 Å². The molecular formula is C67H78FN13O9. The number of carbonyl (C=O) groups is 9. The number of aryl methyl sites for hydroxylation is 1. The lowest BCUT2D eigenvalue weighted by Crippen LogP contribution is -2.58. The molecule has 6 fully saturated rings. The lowest BCUT2D eigenvalue weighted by molar-refractivity contribution is -0.141. The minimum absolute atomic E-state index is 0.00283. The normalized spacial score (nSPS) is 22.8. The molecule has 472 valence electrons. The minimum Gasteiger partial charge on any atom is -0.375 e. The van der Waals surface area contributed by atoms with Gasteiger partial charge in [-0.1, -0.05) is 24.6 Å². The maximum Gasteiger partial charge on any atom is 0.264 e. The Kier molecular flexibility index (Phi) is 16.1. The Bertz CT molecular complexity index is 3800. The topological polar surface area (TPSA) is 252 Å². The van der Waals surface area contributed by atoms with Gasteiger partial charge in [-0.15, -0.1) is 0 Å². The van der Waals surface area contributed by atoms with Crippen molar-refractivity contribution in [1.82, 2.24) is 49.7 Å². The maximum absolute atomic E-state index is 16.0. The fourth-order valence-corrected chi connectivity index (χ4v) is 15.2. The molecule has 2 unspecified atom stereocenters. The Hall–Kier alpha value is -8.60. The summed E-state index contributed by atoms with van der Waals surface area (Å²) in [6, 6.07) is 14.8. The van der Waals surface area contributed by atoms with Crippen LogP contribution in [0.2, 0.25) is 0 Å². The first kappa shape index (κ1) is 60.3. The molecule has 8 aliphatic rings. The zero-order chi connectivity index (χ0) is 63.0. The third-order valence-corrected chi connectivity index (χ3v) is 20.3. The van der Waals surface area contributed by atoms with Crippen molar-refractivity contribution in [2.24, 2.45) is 11.8 Å². The second-order valence-corrected chi connectivity index (χ2v) is 26.5. The van der Waals surface area contributed by atoms with Crippen LogP contribution >= 0.6 is 0 Å². The van der Waals surface area contributed by atoms with Crippen molar-refractivity contribution >= 4 is 87.1 Å². The van der Waals surface area contributed by atoms with Gasteiger partial charge in [-0.3, -0.25) is 53.4 Å². The second-order valence-electron chi connectivity index (χ2n) is 26.5. The largest absolute Gasteiger partial charge is 0.375 e. The van der Waals surface area contributed by atoms with Gasteiger partial charge in [0.25, 0.3) is 17.7 Å². The Labute approximate surface area is 521 Å². The van der Waals surface area contributed by atoms with Gasteiger partial charge in [-0.05, 0) is 159 Å². The number of fused-ring (bicyclic) bond motifs is 4. The number of carbonyl (C=O) groups excluding carboxylic acids is 9. The van der Waals surface area contributed by atoms with Gasteiger partial charge < -0.3 is 45.0 Å². The van der Waals surface area contributed by atoms with Crippen LogP contribution in [0.4, 0.5) is 27.3 Å². The number of benzene rings is 3. The second kappa shape index (κ2) is 24.0. The van der Waals surface area contributed by atoms with Crippen molar-refractivity contribution in [2.45, 2.75) is 147 Å². The van der Waals surface area contributed by atoms with Crippen molar-refractivity contribution in [2.75, 3.05) is 74.4 Å². The number of nitrogens with one attached hydrogen (secondary N) is 4. The molecule has 23 heteroatoms. The highest BCUT2D eigenvalue weighted by atomic mass is 19.1. The number of hydrogen-bond acceptors (Lipinski definition) is 14. The van der Waals surface area contributed by atoms with Crippen molar-refractivity contribution in [3.8, 4) is 11.3 Å². The van der Waals surface area contributed by atoms with E-state index in [2.05, 4.69) is 43.2 Å². The van der Waals surface area contributed by atoms with Gasteiger partial charge in [-0.25, -0.2) is 14.4 Å². The van der Waals surface area contributed by atoms with Gasteiger partial charge in [0.05, 0.1) is 52.2 Å². The van der Waals surface area contributed by atoms with Gasteiger partial charge in [-0.2, -0.15) is 0 Å². The number of pyridine rings is 1. The summed E-state index contributed by atoms with van der Waals surface area (Å²) in [6.45, 7) is 13.7. The Balaban J connectivity index is 0.669. The number of halogens is 1. The number of likely N-dealkylation sites (tertiary alicyclic amines) is 4. The summed E-state index contributed by atoms with van der Waals surface area (Å²) in [7, 11) is 0. The first-order valence-electron chi connectivity index (χ1n) is 32.2. The molecule has 22 nitrogen and oxygen atoms in total. The number of rotatable bonds is 14. The van der Waals surface area contributed by atoms with E-state index in [1.165, 1.54) is 37.5 Å². The van der Waals surface area contributed by atoms with Crippen LogP contribution in [0.3, 0.4) is 0 Å². The number of imide groups is 2. The Morgan fingerprint density at radius 2 is 1.48 bits per heavy atom. The molecule has 2 aromatic heterocycles. The fourth-order valence-electron chi connectivity index (χ4n) is 15.2. The molecule has 90 heavy (non-hydrogen) atoms. The quantitative estimate of drug-likeness (QED) is 0.0832. The van der Waals surface area contributed by atoms with E-state index in [9.17, 15) is 38.4 Å². The minimum atomic E-state index is -1.12. The first-order chi connectivity index (χ1) is 43.3. The number of hydrogen-bond donors (Lipinski definition) is 4. The molecule has 13 rings (SSSR count). The lowest BCUT2D eigenvalue weighted by Gasteiger charge is -2.48. The van der Waals surface area contributed by atoms with Gasteiger partial charge in [0.2, 0.25) is 35.4 Å². The fraction of sp³-hybridized carbons (Fsp3) is 0.507. The van der Waals surface area contributed by atoms with Gasteiger partial charge >= 0.3 is 0 Å². The summed E-state index contributed by atoms with van der Waals surface area (Å²) < 4.78 is 18.0. The van der Waals surface area contributed by atoms with Crippen LogP contribution in [-0.4, -0.2) is 175 Å². The standard InChI is InChI=1S/C67H78FN13O9/c1-37(2)71-60(84)46-32-51(48(68)28-39(46)5)73-59-58-52(70-36-79(58)38(3)4)33-50(72-59)41-12-13-47-54(29-41)80(44-30-43(31-44)75-21-7-6-8-22-75)66(90)67(47)19-26-77(27-20-67)63(87)42-18-25-78(35-42)62(86)40-16-23-76(24-17-40)56(83)34-69-49-11-9-10-45-57(49)65(89)81(64(45)88)53-14-15-55(82)74-61(53)85/h9-13,28-29,32-33,36-38,40,42-44,53,69H,6-8,14-27,30-31,34-35H2,1-5H3,(H,71,84)(H,72,73)(H,74,82,85)/t42?,43-,44+,53?. The molecule has 0 radical (unpaired) electrons. The Morgan fingerprint density at radius 1 is 0.756 bits per heavy atom. The van der Waals surface area contributed by atoms with E-state index in [0.29, 0.717) is 111 Å². The summed E-state index contributed by atoms with van der Waals surface area (Å²) in [5.74, 6) is -3.90. The summed E-state index contributed by atoms with van der Waals surface area (Å²) in [5, 5.41) is 11.4. The molecule has 5 saturated heterocycles. The molecule has 4 N–H and O–H groups in total. The number of piperidine rings is 4. The summed E-state index contributed by atoms with van der Waals surface area (Å²) in [5.41, 5.74) is 4.97. The van der Waals surface area contributed by atoms with E-state index in [4.69, 9.17) is 9.97 Å². The van der Waals surface area contributed by atoms with Crippen LogP contribution in [0.25, 0.3) is 22.3 Å². The average molecular weight is 1230 g/mol. The van der Waals surface area contributed by atoms with Crippen molar-refractivity contribution in [3.05, 3.63) is 94.6 Å². The SMILES string of the molecule is Cc1cc(F)c(Nc2nc(-c3ccc4c(c3)N([C@H]3C[C@@H](N5CCCCC5)C3)C(=O)C43CCN(C(=O)C4CCN(C(=O)C5CCN(C(=O)CNc6cccc7c6C(=O)N(C6CCC(=O)NC6=O)C7=O)CC5)C4)CC3)cc3ncn(C(C)C)c23)cc1C(=O)NC(C)C. The molecule has 1 saturated carbocycles. The van der Waals surface area contributed by atoms with Crippen LogP contribution in [0.15, 0.2) is 60.9 Å². The highest BCUT2D eigenvalue weighted by molar-refractivity contribution is 6.25. The van der Waals surface area contributed by atoms with Crippen LogP contribution in [-0.2, 0) is 34.2 Å². The number of amides is 9. The van der Waals surface area contributed by atoms with E-state index in [1.54, 1.807) is 35.2 Å². The van der Waals surface area contributed by atoms with E-state index in [-0.39, 0.29) is 101 Å². The highest BCUT2D eigenvalue weighted by Gasteiger charge is 2.56. The molecule has 1 aliphatic carbocycles. The van der Waals surface area contributed by atoms with Gasteiger partial charge in [0.1, 0.15) is 17.4 Å². The predicted octanol–water partition coefficient (Wildman–Crippen LogP) is 6.83. The molecule has 9 heterocycles. The summed E-state index contributed by atoms with van der Waals surface area (Å²) >= 11 is 0. The van der Waals surface area contributed by atoms with E-state index < -0.39 is 40.9 Å². The monoisotopic (exact) mass is 1230 g/mol. The molecule has 5 aromatic rings. The lowest BCUT2D eigenvalue weighted by atomic mass is 9.73. The summed E-state index contributed by atoms with van der Waals surface area (Å²) in [4.78, 5) is 143. The molecule has 0 bridgehead atoms. The molecule has 1 spiro atoms. The smallest absolute Gasteiger partial charge is 0.264 e. The van der Waals surface area contributed by atoms with Crippen LogP contribution in [0.5, 0.6) is 0 Å². The van der Waals surface area contributed by atoms with E-state index in [0.717, 1.165) is 47.6 Å². The molecular weight excluding hydrogens is 1150 g/mol. The number of imidazole rings is 1. The van der Waals surface area contributed by atoms with Crippen LogP contribution in [0, 0.1) is 24.6 Å². The predicted molar refractivity (Wildman–Crippen MR) is 333 cm³/mol. The molecule has 7 aliphatic heterocycles. The number of aromatic nitrogens is 3. The number of anilines is 4. The van der Waals surface area contributed by atoms with E-state index >= 15 is 9.18 Å². The zero-order valence-corrected chi connectivity index (χ0v) is 51.7. The highest BCUT2D eigenvalue weighted by Crippen LogP contribution is 2.53. The number of nitrogens with zero attached hydrogens (tertiary/aromatic N) is 9. The van der Waals surface area contributed by atoms with Gasteiger partial charge in [0, 0.05) is 98.3 Å². The van der Waals surface area contributed by atoms with E-state index in [1.807, 2.05) is 49.3 Å². The van der Waals surface area contributed by atoms with Crippen LogP contribution < -0.4 is 26.2 Å². The Morgan fingerprint density at radius 3 is 2.20 bits per heavy atom. The van der Waals surface area contributed by atoms with Gasteiger partial charge in [0.15, 0.2) is 5.82 Å². The average Bonchev–Trinajstić information content (AvgIpc) is 1.56. The zero-order valence-electron chi connectivity index (χ0n) is 51.7. The first-order valence-corrected chi connectivity index (χ1v) is 32.2. The molecule has 9 amide bonds. The third-order valence-electron chi connectivity index (χ3n) is 20.3. The van der Waals surface area contributed by atoms with Crippen molar-refractivity contribution in [3.63, 3.8) is 0 Å². The van der Waals surface area contributed by atoms with Crippen molar-refractivity contribution in [1.29, 1.82) is 0 Å². The third kappa shape index (κ3) is 10.8. The maximum atomic E-state index is 16.0.